The average molecular weight is 384 g/mol. The van der Waals surface area contributed by atoms with Gasteiger partial charge < -0.3 is 0 Å². The summed E-state index contributed by atoms with van der Waals surface area (Å²) in [6.45, 7) is 0. The van der Waals surface area contributed by atoms with Crippen LogP contribution < -0.4 is 0 Å². The second kappa shape index (κ2) is 5.75. The van der Waals surface area contributed by atoms with Crippen molar-refractivity contribution in [3.63, 3.8) is 0 Å². The molecule has 2 aromatic heterocycles. The minimum Gasteiger partial charge on any atom is -0.265 e. The largest absolute Gasteiger partial charge is 0.265 e. The Morgan fingerprint density at radius 3 is 2.29 bits per heavy atom. The molecular formula is C14H9BrCl2N4. The first-order valence-corrected chi connectivity index (χ1v) is 7.59. The van der Waals surface area contributed by atoms with Gasteiger partial charge in [-0.15, -0.1) is 0 Å². The van der Waals surface area contributed by atoms with E-state index in [-0.39, 0.29) is 0 Å². The lowest BCUT2D eigenvalue weighted by Crippen LogP contribution is -2.00. The molecule has 0 N–H and O–H groups in total. The summed E-state index contributed by atoms with van der Waals surface area (Å²) < 4.78 is 2.55. The number of hydrogen-bond donors (Lipinski definition) is 0. The highest BCUT2D eigenvalue weighted by Gasteiger charge is 2.17. The molecule has 0 aliphatic heterocycles. The highest BCUT2D eigenvalue weighted by Crippen LogP contribution is 2.37. The zero-order valence-electron chi connectivity index (χ0n) is 10.9. The smallest absolute Gasteiger partial charge is 0.180 e. The molecule has 7 heteroatoms. The zero-order chi connectivity index (χ0) is 15.0. The van der Waals surface area contributed by atoms with Crippen LogP contribution in [0.5, 0.6) is 0 Å². The quantitative estimate of drug-likeness (QED) is 0.606. The maximum absolute atomic E-state index is 6.32. The summed E-state index contributed by atoms with van der Waals surface area (Å²) in [7, 11) is 1.81. The van der Waals surface area contributed by atoms with Gasteiger partial charge in [0.2, 0.25) is 0 Å². The van der Waals surface area contributed by atoms with Crippen LogP contribution in [0, 0.1) is 0 Å². The number of aryl methyl sites for hydroxylation is 1. The molecule has 0 aliphatic rings. The molecular weight excluding hydrogens is 375 g/mol. The van der Waals surface area contributed by atoms with E-state index in [1.165, 1.54) is 0 Å². The molecule has 0 atom stereocenters. The highest BCUT2D eigenvalue weighted by molar-refractivity contribution is 9.10. The van der Waals surface area contributed by atoms with Crippen molar-refractivity contribution in [1.82, 2.24) is 19.7 Å². The van der Waals surface area contributed by atoms with Crippen LogP contribution in [-0.2, 0) is 7.05 Å². The van der Waals surface area contributed by atoms with Crippen molar-refractivity contribution >= 4 is 39.1 Å². The molecule has 0 saturated carbocycles. The van der Waals surface area contributed by atoms with Crippen molar-refractivity contribution < 1.29 is 0 Å². The Hall–Kier alpha value is -1.43. The maximum Gasteiger partial charge on any atom is 0.180 e. The predicted molar refractivity (Wildman–Crippen MR) is 87.4 cm³/mol. The Kier molecular flexibility index (Phi) is 3.97. The first-order chi connectivity index (χ1) is 10.1. The SMILES string of the molecule is Cn1nccc1-c1nc(Cl)c(-c2ccccc2Br)c(Cl)n1. The van der Waals surface area contributed by atoms with Crippen LogP contribution in [0.15, 0.2) is 41.0 Å². The number of rotatable bonds is 2. The molecule has 0 fully saturated rings. The fourth-order valence-corrected chi connectivity index (χ4v) is 3.08. The van der Waals surface area contributed by atoms with E-state index in [4.69, 9.17) is 23.2 Å². The third-order valence-corrected chi connectivity index (χ3v) is 4.25. The Morgan fingerprint density at radius 1 is 1.05 bits per heavy atom. The van der Waals surface area contributed by atoms with Crippen LogP contribution in [-0.4, -0.2) is 19.7 Å². The van der Waals surface area contributed by atoms with E-state index in [1.54, 1.807) is 16.9 Å². The summed E-state index contributed by atoms with van der Waals surface area (Å²) in [4.78, 5) is 8.69. The van der Waals surface area contributed by atoms with E-state index in [1.807, 2.05) is 31.3 Å². The second-order valence-corrected chi connectivity index (χ2v) is 5.89. The number of aromatic nitrogens is 4. The second-order valence-electron chi connectivity index (χ2n) is 4.32. The van der Waals surface area contributed by atoms with Gasteiger partial charge in [0.25, 0.3) is 0 Å². The monoisotopic (exact) mass is 382 g/mol. The average Bonchev–Trinajstić information content (AvgIpc) is 2.86. The molecule has 21 heavy (non-hydrogen) atoms. The summed E-state index contributed by atoms with van der Waals surface area (Å²) >= 11 is 16.1. The predicted octanol–water partition coefficient (Wildman–Crippen LogP) is 4.61. The van der Waals surface area contributed by atoms with Gasteiger partial charge >= 0.3 is 0 Å². The van der Waals surface area contributed by atoms with Crippen LogP contribution in [0.4, 0.5) is 0 Å². The van der Waals surface area contributed by atoms with Gasteiger partial charge in [-0.25, -0.2) is 9.97 Å². The Morgan fingerprint density at radius 2 is 1.71 bits per heavy atom. The van der Waals surface area contributed by atoms with E-state index in [0.29, 0.717) is 21.7 Å². The van der Waals surface area contributed by atoms with Gasteiger partial charge in [-0.3, -0.25) is 4.68 Å². The van der Waals surface area contributed by atoms with Gasteiger partial charge in [0.05, 0.1) is 5.56 Å². The summed E-state index contributed by atoms with van der Waals surface area (Å²) in [5.74, 6) is 0.445. The summed E-state index contributed by atoms with van der Waals surface area (Å²) in [5.41, 5.74) is 2.21. The van der Waals surface area contributed by atoms with Crippen molar-refractivity contribution in [1.29, 1.82) is 0 Å². The fourth-order valence-electron chi connectivity index (χ4n) is 2.00. The zero-order valence-corrected chi connectivity index (χ0v) is 14.0. The fraction of sp³-hybridized carbons (Fsp3) is 0.0714. The topological polar surface area (TPSA) is 43.6 Å². The Balaban J connectivity index is 2.18. The van der Waals surface area contributed by atoms with Crippen molar-refractivity contribution in [3.8, 4) is 22.6 Å². The third kappa shape index (κ3) is 2.69. The molecule has 106 valence electrons. The van der Waals surface area contributed by atoms with E-state index >= 15 is 0 Å². The molecule has 0 saturated heterocycles. The summed E-state index contributed by atoms with van der Waals surface area (Å²) in [6, 6.07) is 9.45. The number of benzene rings is 1. The number of hydrogen-bond acceptors (Lipinski definition) is 3. The molecule has 0 bridgehead atoms. The summed E-state index contributed by atoms with van der Waals surface area (Å²) in [6.07, 6.45) is 1.67. The molecule has 0 unspecified atom stereocenters. The van der Waals surface area contributed by atoms with Crippen LogP contribution in [0.2, 0.25) is 10.3 Å². The van der Waals surface area contributed by atoms with E-state index in [0.717, 1.165) is 15.7 Å². The normalized spacial score (nSPS) is 10.9. The lowest BCUT2D eigenvalue weighted by atomic mass is 10.1. The lowest BCUT2D eigenvalue weighted by Gasteiger charge is -2.10. The molecule has 3 rings (SSSR count). The molecule has 3 aromatic rings. The number of nitrogens with zero attached hydrogens (tertiary/aromatic N) is 4. The molecule has 1 aromatic carbocycles. The lowest BCUT2D eigenvalue weighted by molar-refractivity contribution is 0.770. The molecule has 0 aliphatic carbocycles. The summed E-state index contributed by atoms with van der Waals surface area (Å²) in [5, 5.41) is 4.70. The van der Waals surface area contributed by atoms with Crippen molar-refractivity contribution in [2.45, 2.75) is 0 Å². The van der Waals surface area contributed by atoms with Crippen LogP contribution in [0.3, 0.4) is 0 Å². The van der Waals surface area contributed by atoms with Crippen molar-refractivity contribution in [2.75, 3.05) is 0 Å². The molecule has 0 radical (unpaired) electrons. The van der Waals surface area contributed by atoms with Gasteiger partial charge in [-0.05, 0) is 12.1 Å². The molecule has 4 nitrogen and oxygen atoms in total. The van der Waals surface area contributed by atoms with Crippen LogP contribution in [0.1, 0.15) is 0 Å². The molecule has 2 heterocycles. The van der Waals surface area contributed by atoms with Gasteiger partial charge in [-0.2, -0.15) is 5.10 Å². The minimum absolute atomic E-state index is 0.304. The minimum atomic E-state index is 0.304. The van der Waals surface area contributed by atoms with E-state index in [2.05, 4.69) is 31.0 Å². The van der Waals surface area contributed by atoms with Gasteiger partial charge in [0.15, 0.2) is 5.82 Å². The third-order valence-electron chi connectivity index (χ3n) is 3.01. The first-order valence-electron chi connectivity index (χ1n) is 6.04. The Bertz CT molecular complexity index is 793. The van der Waals surface area contributed by atoms with Crippen LogP contribution >= 0.6 is 39.1 Å². The van der Waals surface area contributed by atoms with Crippen LogP contribution in [0.25, 0.3) is 22.6 Å². The Labute approximate surface area is 139 Å². The number of halogens is 3. The first kappa shape index (κ1) is 14.5. The molecule has 0 amide bonds. The van der Waals surface area contributed by atoms with E-state index in [9.17, 15) is 0 Å². The highest BCUT2D eigenvalue weighted by atomic mass is 79.9. The van der Waals surface area contributed by atoms with E-state index < -0.39 is 0 Å². The van der Waals surface area contributed by atoms with Gasteiger partial charge in [0.1, 0.15) is 16.0 Å². The van der Waals surface area contributed by atoms with Crippen molar-refractivity contribution in [2.24, 2.45) is 7.05 Å². The standard InChI is InChI=1S/C14H9BrCl2N4/c1-21-10(6-7-18-21)14-19-12(16)11(13(17)20-14)8-4-2-3-5-9(8)15/h2-7H,1H3. The van der Waals surface area contributed by atoms with Gasteiger partial charge in [-0.1, -0.05) is 57.3 Å². The van der Waals surface area contributed by atoms with Gasteiger partial charge in [0, 0.05) is 23.3 Å². The maximum atomic E-state index is 6.32. The molecule has 0 spiro atoms. The van der Waals surface area contributed by atoms with Crippen molar-refractivity contribution in [3.05, 3.63) is 51.3 Å².